The number of aryl methyl sites for hydroxylation is 1. The summed E-state index contributed by atoms with van der Waals surface area (Å²) < 4.78 is 1.90. The number of amides is 1. The van der Waals surface area contributed by atoms with E-state index < -0.39 is 0 Å². The predicted octanol–water partition coefficient (Wildman–Crippen LogP) is 3.63. The number of benzene rings is 1. The first-order chi connectivity index (χ1) is 12.2. The van der Waals surface area contributed by atoms with Crippen LogP contribution < -0.4 is 0 Å². The molecule has 5 nitrogen and oxygen atoms in total. The number of carbonyl (C=O) groups is 1. The number of aromatic nitrogens is 2. The van der Waals surface area contributed by atoms with E-state index >= 15 is 0 Å². The van der Waals surface area contributed by atoms with Crippen molar-refractivity contribution in [2.24, 2.45) is 0 Å². The third kappa shape index (κ3) is 3.60. The Morgan fingerprint density at radius 3 is 2.72 bits per heavy atom. The maximum Gasteiger partial charge on any atom is 0.264 e. The monoisotopic (exact) mass is 357 g/mol. The zero-order valence-corrected chi connectivity index (χ0v) is 15.4. The lowest BCUT2D eigenvalue weighted by Crippen LogP contribution is -2.33. The molecule has 0 aliphatic carbocycles. The van der Waals surface area contributed by atoms with Gasteiger partial charge in [0.25, 0.3) is 5.91 Å². The number of rotatable bonds is 7. The Kier molecular flexibility index (Phi) is 5.50. The van der Waals surface area contributed by atoms with Crippen molar-refractivity contribution in [3.8, 4) is 5.69 Å². The van der Waals surface area contributed by atoms with Gasteiger partial charge in [0.2, 0.25) is 0 Å². The molecule has 1 aromatic carbocycles. The van der Waals surface area contributed by atoms with Gasteiger partial charge in [-0.05, 0) is 31.5 Å². The lowest BCUT2D eigenvalue weighted by molar-refractivity contribution is 0.0724. The normalized spacial score (nSPS) is 11.2. The number of hydrogen-bond donors (Lipinski definition) is 1. The van der Waals surface area contributed by atoms with Crippen molar-refractivity contribution >= 4 is 27.5 Å². The van der Waals surface area contributed by atoms with E-state index in [9.17, 15) is 9.90 Å². The predicted molar refractivity (Wildman–Crippen MR) is 102 cm³/mol. The number of aliphatic hydroxyl groups excluding tert-OH is 1. The van der Waals surface area contributed by atoms with Gasteiger partial charge in [-0.25, -0.2) is 4.68 Å². The van der Waals surface area contributed by atoms with E-state index in [2.05, 4.69) is 12.0 Å². The summed E-state index contributed by atoms with van der Waals surface area (Å²) in [4.78, 5) is 16.3. The molecule has 0 bridgehead atoms. The summed E-state index contributed by atoms with van der Waals surface area (Å²) in [6, 6.07) is 11.9. The van der Waals surface area contributed by atoms with Crippen LogP contribution in [0.5, 0.6) is 0 Å². The second-order valence-corrected chi connectivity index (χ2v) is 7.06. The number of para-hydroxylation sites is 1. The van der Waals surface area contributed by atoms with Crippen LogP contribution in [0.15, 0.2) is 36.4 Å². The van der Waals surface area contributed by atoms with E-state index in [1.54, 1.807) is 4.90 Å². The molecule has 0 saturated carbocycles. The number of thiophene rings is 1. The van der Waals surface area contributed by atoms with Crippen LogP contribution in [0.4, 0.5) is 0 Å². The molecule has 0 saturated heterocycles. The van der Waals surface area contributed by atoms with Gasteiger partial charge in [0.1, 0.15) is 4.83 Å². The highest BCUT2D eigenvalue weighted by Crippen LogP contribution is 2.31. The van der Waals surface area contributed by atoms with Gasteiger partial charge >= 0.3 is 0 Å². The Morgan fingerprint density at radius 1 is 1.28 bits per heavy atom. The van der Waals surface area contributed by atoms with Crippen LogP contribution in [-0.2, 0) is 0 Å². The van der Waals surface area contributed by atoms with Gasteiger partial charge in [-0.15, -0.1) is 11.3 Å². The second kappa shape index (κ2) is 7.80. The molecule has 1 amide bonds. The fourth-order valence-electron chi connectivity index (χ4n) is 2.84. The molecular formula is C19H23N3O2S. The van der Waals surface area contributed by atoms with Gasteiger partial charge in [0.05, 0.1) is 22.9 Å². The van der Waals surface area contributed by atoms with Gasteiger partial charge in [-0.3, -0.25) is 4.79 Å². The maximum absolute atomic E-state index is 12.9. The van der Waals surface area contributed by atoms with E-state index in [1.807, 2.05) is 48.0 Å². The smallest absolute Gasteiger partial charge is 0.264 e. The van der Waals surface area contributed by atoms with Crippen molar-refractivity contribution in [1.29, 1.82) is 0 Å². The van der Waals surface area contributed by atoms with Crippen molar-refractivity contribution < 1.29 is 9.90 Å². The average molecular weight is 357 g/mol. The lowest BCUT2D eigenvalue weighted by atomic mass is 10.2. The highest BCUT2D eigenvalue weighted by molar-refractivity contribution is 7.20. The number of nitrogens with zero attached hydrogens (tertiary/aromatic N) is 3. The third-order valence-corrected chi connectivity index (χ3v) is 5.29. The first-order valence-electron chi connectivity index (χ1n) is 8.60. The van der Waals surface area contributed by atoms with Crippen molar-refractivity contribution in [2.45, 2.75) is 26.7 Å². The summed E-state index contributed by atoms with van der Waals surface area (Å²) in [5.74, 6) is -0.0114. The minimum absolute atomic E-state index is 0.0114. The van der Waals surface area contributed by atoms with Gasteiger partial charge in [-0.1, -0.05) is 31.5 Å². The van der Waals surface area contributed by atoms with E-state index in [0.29, 0.717) is 18.0 Å². The van der Waals surface area contributed by atoms with Crippen LogP contribution in [0, 0.1) is 6.92 Å². The molecule has 0 atom stereocenters. The van der Waals surface area contributed by atoms with Crippen molar-refractivity contribution in [1.82, 2.24) is 14.7 Å². The fraction of sp³-hybridized carbons (Fsp3) is 0.368. The molecule has 2 aromatic heterocycles. The molecule has 0 aliphatic rings. The van der Waals surface area contributed by atoms with E-state index in [1.165, 1.54) is 11.3 Å². The Hall–Kier alpha value is -2.18. The Bertz CT molecular complexity index is 854. The lowest BCUT2D eigenvalue weighted by Gasteiger charge is -2.20. The highest BCUT2D eigenvalue weighted by Gasteiger charge is 2.21. The topological polar surface area (TPSA) is 58.4 Å². The van der Waals surface area contributed by atoms with Crippen molar-refractivity contribution in [3.05, 3.63) is 47.0 Å². The van der Waals surface area contributed by atoms with Crippen molar-refractivity contribution in [3.63, 3.8) is 0 Å². The molecule has 3 rings (SSSR count). The molecule has 6 heteroatoms. The minimum atomic E-state index is -0.0167. The van der Waals surface area contributed by atoms with Gasteiger partial charge in [0.15, 0.2) is 0 Å². The summed E-state index contributed by atoms with van der Waals surface area (Å²) in [5, 5.41) is 14.9. The molecule has 132 valence electrons. The zero-order chi connectivity index (χ0) is 17.8. The summed E-state index contributed by atoms with van der Waals surface area (Å²) in [5.41, 5.74) is 1.90. The highest BCUT2D eigenvalue weighted by atomic mass is 32.1. The Balaban J connectivity index is 1.97. The Labute approximate surface area is 151 Å². The molecule has 0 aliphatic heterocycles. The minimum Gasteiger partial charge on any atom is -0.395 e. The van der Waals surface area contributed by atoms with Crippen LogP contribution in [-0.4, -0.2) is 45.4 Å². The molecule has 1 N–H and O–H groups in total. The van der Waals surface area contributed by atoms with Crippen molar-refractivity contribution in [2.75, 3.05) is 19.7 Å². The number of unbranched alkanes of at least 4 members (excludes halogenated alkanes) is 1. The molecular weight excluding hydrogens is 334 g/mol. The molecule has 3 aromatic rings. The fourth-order valence-corrected chi connectivity index (χ4v) is 3.99. The quantitative estimate of drug-likeness (QED) is 0.702. The SMILES string of the molecule is CCCCN(CCO)C(=O)c1cc2c(C)nn(-c3ccccc3)c2s1. The van der Waals surface area contributed by atoms with Crippen LogP contribution in [0.1, 0.15) is 35.1 Å². The summed E-state index contributed by atoms with van der Waals surface area (Å²) in [6.07, 6.45) is 1.96. The molecule has 0 unspecified atom stereocenters. The molecule has 0 fully saturated rings. The van der Waals surface area contributed by atoms with E-state index in [4.69, 9.17) is 0 Å². The third-order valence-electron chi connectivity index (χ3n) is 4.19. The Morgan fingerprint density at radius 2 is 2.04 bits per heavy atom. The van der Waals surface area contributed by atoms with E-state index in [0.717, 1.165) is 34.4 Å². The average Bonchev–Trinajstić information content (AvgIpc) is 3.19. The zero-order valence-electron chi connectivity index (χ0n) is 14.6. The maximum atomic E-state index is 12.9. The van der Waals surface area contributed by atoms with Gasteiger partial charge in [-0.2, -0.15) is 5.10 Å². The molecule has 2 heterocycles. The van der Waals surface area contributed by atoms with Crippen LogP contribution >= 0.6 is 11.3 Å². The number of carbonyl (C=O) groups excluding carboxylic acids is 1. The summed E-state index contributed by atoms with van der Waals surface area (Å²) in [7, 11) is 0. The molecule has 0 radical (unpaired) electrons. The number of hydrogen-bond acceptors (Lipinski definition) is 4. The summed E-state index contributed by atoms with van der Waals surface area (Å²) in [6.45, 7) is 5.09. The largest absolute Gasteiger partial charge is 0.395 e. The second-order valence-electron chi connectivity index (χ2n) is 6.03. The molecule has 0 spiro atoms. The first kappa shape index (κ1) is 17.6. The van der Waals surface area contributed by atoms with Gasteiger partial charge in [0, 0.05) is 18.5 Å². The summed E-state index contributed by atoms with van der Waals surface area (Å²) >= 11 is 1.46. The molecule has 25 heavy (non-hydrogen) atoms. The van der Waals surface area contributed by atoms with Crippen LogP contribution in [0.2, 0.25) is 0 Å². The van der Waals surface area contributed by atoms with Crippen LogP contribution in [0.25, 0.3) is 15.9 Å². The number of fused-ring (bicyclic) bond motifs is 1. The standard InChI is InChI=1S/C19H23N3O2S/c1-3-4-10-21(11-12-23)18(24)17-13-16-14(2)20-22(19(16)25-17)15-8-6-5-7-9-15/h5-9,13,23H,3-4,10-12H2,1-2H3. The van der Waals surface area contributed by atoms with Gasteiger partial charge < -0.3 is 10.0 Å². The number of aliphatic hydroxyl groups is 1. The first-order valence-corrected chi connectivity index (χ1v) is 9.42. The van der Waals surface area contributed by atoms with E-state index in [-0.39, 0.29) is 12.5 Å². The van der Waals surface area contributed by atoms with Crippen LogP contribution in [0.3, 0.4) is 0 Å².